The van der Waals surface area contributed by atoms with E-state index in [1.165, 1.54) is 0 Å². The summed E-state index contributed by atoms with van der Waals surface area (Å²) < 4.78 is 11.2. The minimum atomic E-state index is -0.538. The maximum absolute atomic E-state index is 9.95. The van der Waals surface area contributed by atoms with Crippen LogP contribution in [-0.4, -0.2) is 23.9 Å². The van der Waals surface area contributed by atoms with Crippen molar-refractivity contribution < 1.29 is 14.6 Å². The van der Waals surface area contributed by atoms with Crippen molar-refractivity contribution in [2.75, 3.05) is 6.61 Å². The number of fused-ring (bicyclic) bond motifs is 1. The molecule has 2 atom stereocenters. The molecule has 90 valence electrons. The predicted octanol–water partition coefficient (Wildman–Crippen LogP) is 1.99. The monoisotopic (exact) mass is 232 g/mol. The summed E-state index contributed by atoms with van der Waals surface area (Å²) in [4.78, 5) is 0. The van der Waals surface area contributed by atoms with Crippen LogP contribution in [0.15, 0.2) is 24.3 Å². The summed E-state index contributed by atoms with van der Waals surface area (Å²) in [6.07, 6.45) is 0.448. The van der Waals surface area contributed by atoms with Gasteiger partial charge in [0.1, 0.15) is 6.61 Å². The standard InChI is InChI=1S/C14H16O3/c1-2-3-4-7-11(15)14-10-16-12-8-5-6-9-13(12)17-14/h5-6,8-9,11,14-15H,4,7,10H2,1H3. The third kappa shape index (κ3) is 2.92. The molecule has 1 aliphatic heterocycles. The van der Waals surface area contributed by atoms with E-state index in [9.17, 15) is 5.11 Å². The van der Waals surface area contributed by atoms with E-state index >= 15 is 0 Å². The van der Waals surface area contributed by atoms with Crippen molar-refractivity contribution in [2.24, 2.45) is 0 Å². The Morgan fingerprint density at radius 1 is 1.41 bits per heavy atom. The normalized spacial score (nSPS) is 19.1. The van der Waals surface area contributed by atoms with E-state index in [1.54, 1.807) is 6.92 Å². The Labute approximate surface area is 101 Å². The van der Waals surface area contributed by atoms with Gasteiger partial charge in [-0.05, 0) is 25.5 Å². The minimum absolute atomic E-state index is 0.302. The number of hydrogen-bond donors (Lipinski definition) is 1. The van der Waals surface area contributed by atoms with Gasteiger partial charge in [-0.15, -0.1) is 11.8 Å². The summed E-state index contributed by atoms with van der Waals surface area (Å²) in [5.74, 6) is 7.18. The van der Waals surface area contributed by atoms with Crippen LogP contribution in [0, 0.1) is 11.8 Å². The van der Waals surface area contributed by atoms with E-state index in [4.69, 9.17) is 9.47 Å². The molecule has 3 nitrogen and oxygen atoms in total. The van der Waals surface area contributed by atoms with E-state index in [0.29, 0.717) is 25.2 Å². The van der Waals surface area contributed by atoms with Crippen LogP contribution >= 0.6 is 0 Å². The lowest BCUT2D eigenvalue weighted by molar-refractivity contribution is -0.0128. The van der Waals surface area contributed by atoms with Crippen LogP contribution in [0.25, 0.3) is 0 Å². The SMILES string of the molecule is CC#CCCC(O)C1COc2ccccc2O1. The lowest BCUT2D eigenvalue weighted by Crippen LogP contribution is -2.39. The molecule has 0 amide bonds. The van der Waals surface area contributed by atoms with Gasteiger partial charge in [0, 0.05) is 6.42 Å². The second-order valence-electron chi connectivity index (χ2n) is 3.95. The summed E-state index contributed by atoms with van der Waals surface area (Å²) in [5.41, 5.74) is 0. The van der Waals surface area contributed by atoms with Crippen molar-refractivity contribution in [1.82, 2.24) is 0 Å². The quantitative estimate of drug-likeness (QED) is 0.810. The maximum Gasteiger partial charge on any atom is 0.161 e. The smallest absolute Gasteiger partial charge is 0.161 e. The molecule has 1 heterocycles. The fourth-order valence-electron chi connectivity index (χ4n) is 1.76. The van der Waals surface area contributed by atoms with Gasteiger partial charge in [0.05, 0.1) is 6.10 Å². The molecule has 1 aromatic carbocycles. The molecule has 0 fully saturated rings. The van der Waals surface area contributed by atoms with Crippen LogP contribution in [-0.2, 0) is 0 Å². The van der Waals surface area contributed by atoms with E-state index in [-0.39, 0.29) is 6.10 Å². The van der Waals surface area contributed by atoms with Crippen LogP contribution in [0.3, 0.4) is 0 Å². The van der Waals surface area contributed by atoms with Crippen molar-refractivity contribution in [3.63, 3.8) is 0 Å². The molecule has 0 saturated carbocycles. The Kier molecular flexibility index (Phi) is 3.89. The first-order chi connectivity index (χ1) is 8.31. The zero-order valence-electron chi connectivity index (χ0n) is 9.85. The summed E-state index contributed by atoms with van der Waals surface area (Å²) in [5, 5.41) is 9.95. The molecule has 2 unspecified atom stereocenters. The highest BCUT2D eigenvalue weighted by atomic mass is 16.6. The van der Waals surface area contributed by atoms with Crippen LogP contribution in [0.4, 0.5) is 0 Å². The molecule has 1 aliphatic rings. The number of aliphatic hydroxyl groups excluding tert-OH is 1. The number of benzene rings is 1. The number of para-hydroxylation sites is 2. The molecule has 17 heavy (non-hydrogen) atoms. The Morgan fingerprint density at radius 2 is 2.18 bits per heavy atom. The molecular formula is C14H16O3. The Hall–Kier alpha value is -1.66. The highest BCUT2D eigenvalue weighted by Crippen LogP contribution is 2.31. The average molecular weight is 232 g/mol. The summed E-state index contributed by atoms with van der Waals surface area (Å²) in [7, 11) is 0. The van der Waals surface area contributed by atoms with Gasteiger partial charge in [-0.25, -0.2) is 0 Å². The molecule has 3 heteroatoms. The van der Waals surface area contributed by atoms with Crippen LogP contribution in [0.2, 0.25) is 0 Å². The Bertz CT molecular complexity index is 431. The summed E-state index contributed by atoms with van der Waals surface area (Å²) in [6, 6.07) is 7.50. The van der Waals surface area contributed by atoms with E-state index in [1.807, 2.05) is 24.3 Å². The van der Waals surface area contributed by atoms with Crippen molar-refractivity contribution in [3.8, 4) is 23.3 Å². The van der Waals surface area contributed by atoms with Gasteiger partial charge < -0.3 is 14.6 Å². The molecule has 0 spiro atoms. The molecule has 0 aliphatic carbocycles. The average Bonchev–Trinajstić information content (AvgIpc) is 2.38. The number of hydrogen-bond acceptors (Lipinski definition) is 3. The molecule has 0 radical (unpaired) electrons. The third-order valence-corrected chi connectivity index (χ3v) is 2.70. The lowest BCUT2D eigenvalue weighted by atomic mass is 10.1. The van der Waals surface area contributed by atoms with Gasteiger partial charge in [-0.2, -0.15) is 0 Å². The van der Waals surface area contributed by atoms with Crippen LogP contribution in [0.1, 0.15) is 19.8 Å². The maximum atomic E-state index is 9.95. The minimum Gasteiger partial charge on any atom is -0.486 e. The van der Waals surface area contributed by atoms with Crippen molar-refractivity contribution in [1.29, 1.82) is 0 Å². The Morgan fingerprint density at radius 3 is 2.94 bits per heavy atom. The first-order valence-corrected chi connectivity index (χ1v) is 5.77. The van der Waals surface area contributed by atoms with Gasteiger partial charge in [-0.3, -0.25) is 0 Å². The number of ether oxygens (including phenoxy) is 2. The summed E-state index contributed by atoms with van der Waals surface area (Å²) in [6.45, 7) is 2.18. The molecule has 0 bridgehead atoms. The van der Waals surface area contributed by atoms with E-state index in [0.717, 1.165) is 5.75 Å². The van der Waals surface area contributed by atoms with E-state index in [2.05, 4.69) is 11.8 Å². The van der Waals surface area contributed by atoms with Gasteiger partial charge in [-0.1, -0.05) is 12.1 Å². The fourth-order valence-corrected chi connectivity index (χ4v) is 1.76. The molecule has 0 saturated heterocycles. The molecular weight excluding hydrogens is 216 g/mol. The molecule has 1 aromatic rings. The first kappa shape index (κ1) is 11.8. The first-order valence-electron chi connectivity index (χ1n) is 5.77. The second kappa shape index (κ2) is 5.60. The van der Waals surface area contributed by atoms with Crippen molar-refractivity contribution >= 4 is 0 Å². The Balaban J connectivity index is 1.94. The highest BCUT2D eigenvalue weighted by molar-refractivity contribution is 5.40. The topological polar surface area (TPSA) is 38.7 Å². The number of aliphatic hydroxyl groups is 1. The third-order valence-electron chi connectivity index (χ3n) is 2.70. The van der Waals surface area contributed by atoms with Crippen molar-refractivity contribution in [2.45, 2.75) is 32.0 Å². The molecule has 0 aromatic heterocycles. The van der Waals surface area contributed by atoms with Crippen LogP contribution in [0.5, 0.6) is 11.5 Å². The largest absolute Gasteiger partial charge is 0.486 e. The van der Waals surface area contributed by atoms with Gasteiger partial charge in [0.15, 0.2) is 17.6 Å². The molecule has 2 rings (SSSR count). The molecule has 1 N–H and O–H groups in total. The second-order valence-corrected chi connectivity index (χ2v) is 3.95. The van der Waals surface area contributed by atoms with Crippen LogP contribution < -0.4 is 9.47 Å². The summed E-state index contributed by atoms with van der Waals surface area (Å²) >= 11 is 0. The fraction of sp³-hybridized carbons (Fsp3) is 0.429. The zero-order valence-corrected chi connectivity index (χ0v) is 9.85. The van der Waals surface area contributed by atoms with Gasteiger partial charge in [0.25, 0.3) is 0 Å². The zero-order chi connectivity index (χ0) is 12.1. The highest BCUT2D eigenvalue weighted by Gasteiger charge is 2.26. The van der Waals surface area contributed by atoms with Gasteiger partial charge >= 0.3 is 0 Å². The predicted molar refractivity (Wildman–Crippen MR) is 65.0 cm³/mol. The number of rotatable bonds is 3. The van der Waals surface area contributed by atoms with E-state index < -0.39 is 6.10 Å². The van der Waals surface area contributed by atoms with Gasteiger partial charge in [0.2, 0.25) is 0 Å². The van der Waals surface area contributed by atoms with Crippen molar-refractivity contribution in [3.05, 3.63) is 24.3 Å². The lowest BCUT2D eigenvalue weighted by Gasteiger charge is -2.29.